The molecule has 0 bridgehead atoms. The summed E-state index contributed by atoms with van der Waals surface area (Å²) in [4.78, 5) is 26.5. The van der Waals surface area contributed by atoms with E-state index < -0.39 is 27.6 Å². The number of carbonyl (C=O) groups excluding carboxylic acids is 1. The summed E-state index contributed by atoms with van der Waals surface area (Å²) in [6, 6.07) is 6.47. The van der Waals surface area contributed by atoms with Crippen LogP contribution in [0.1, 0.15) is 19.3 Å². The number of aromatic nitrogens is 1. The molecule has 2 aliphatic carbocycles. The molecule has 132 valence electrons. The second kappa shape index (κ2) is 5.22. The van der Waals surface area contributed by atoms with Crippen LogP contribution in [0.5, 0.6) is 0 Å². The number of amides is 2. The third kappa shape index (κ3) is 2.64. The van der Waals surface area contributed by atoms with Crippen LogP contribution in [0.15, 0.2) is 35.4 Å². The molecule has 2 atom stereocenters. The zero-order valence-electron chi connectivity index (χ0n) is 13.2. The minimum Gasteiger partial charge on any atom is -0.465 e. The number of carboxylic acid groups (broad SMARTS) is 1. The minimum atomic E-state index is -4.13. The highest BCUT2D eigenvalue weighted by molar-refractivity contribution is 7.90. The molecule has 1 aromatic carbocycles. The summed E-state index contributed by atoms with van der Waals surface area (Å²) in [7, 11) is -4.13. The van der Waals surface area contributed by atoms with E-state index in [0.717, 1.165) is 12.8 Å². The monoisotopic (exact) mass is 363 g/mol. The second-order valence-electron chi connectivity index (χ2n) is 6.68. The van der Waals surface area contributed by atoms with Crippen molar-refractivity contribution in [3.63, 3.8) is 0 Å². The maximum Gasteiger partial charge on any atom is 0.405 e. The number of hydrogen-bond acceptors (Lipinski definition) is 4. The zero-order chi connectivity index (χ0) is 17.8. The maximum atomic E-state index is 12.7. The Hall–Kier alpha value is -2.55. The van der Waals surface area contributed by atoms with Gasteiger partial charge >= 0.3 is 6.09 Å². The fraction of sp³-hybridized carbons (Fsp3) is 0.375. The van der Waals surface area contributed by atoms with Crippen molar-refractivity contribution < 1.29 is 23.1 Å². The van der Waals surface area contributed by atoms with Crippen molar-refractivity contribution in [3.8, 4) is 0 Å². The Morgan fingerprint density at radius 1 is 1.24 bits per heavy atom. The lowest BCUT2D eigenvalue weighted by Gasteiger charge is -2.17. The molecule has 0 radical (unpaired) electrons. The van der Waals surface area contributed by atoms with Gasteiger partial charge in [0, 0.05) is 11.6 Å². The van der Waals surface area contributed by atoms with Crippen molar-refractivity contribution in [2.75, 3.05) is 0 Å². The number of hydrogen-bond donors (Lipinski definition) is 4. The predicted octanol–water partition coefficient (Wildman–Crippen LogP) is 1.41. The summed E-state index contributed by atoms with van der Waals surface area (Å²) in [5, 5.41) is 12.0. The molecule has 0 saturated heterocycles. The van der Waals surface area contributed by atoms with Gasteiger partial charge in [-0.2, -0.15) is 0 Å². The van der Waals surface area contributed by atoms with E-state index in [-0.39, 0.29) is 16.7 Å². The van der Waals surface area contributed by atoms with Crippen molar-refractivity contribution in [2.45, 2.75) is 29.7 Å². The molecule has 8 nitrogen and oxygen atoms in total. The Labute approximate surface area is 143 Å². The van der Waals surface area contributed by atoms with E-state index in [1.165, 1.54) is 6.07 Å². The van der Waals surface area contributed by atoms with E-state index in [1.807, 2.05) is 0 Å². The summed E-state index contributed by atoms with van der Waals surface area (Å²) >= 11 is 0. The zero-order valence-corrected chi connectivity index (χ0v) is 14.0. The maximum absolute atomic E-state index is 12.7. The quantitative estimate of drug-likeness (QED) is 0.638. The van der Waals surface area contributed by atoms with Gasteiger partial charge < -0.3 is 15.4 Å². The van der Waals surface area contributed by atoms with Gasteiger partial charge in [0.2, 0.25) is 0 Å². The summed E-state index contributed by atoms with van der Waals surface area (Å²) in [6.07, 6.45) is 2.49. The lowest BCUT2D eigenvalue weighted by Crippen LogP contribution is -2.51. The van der Waals surface area contributed by atoms with Gasteiger partial charge in [-0.25, -0.2) is 17.9 Å². The number of aromatic amines is 1. The van der Waals surface area contributed by atoms with E-state index in [4.69, 9.17) is 5.11 Å². The van der Waals surface area contributed by atoms with Gasteiger partial charge in [0.15, 0.2) is 0 Å². The van der Waals surface area contributed by atoms with Gasteiger partial charge in [-0.05, 0) is 43.2 Å². The first kappa shape index (κ1) is 15.9. The van der Waals surface area contributed by atoms with E-state index in [9.17, 15) is 18.0 Å². The van der Waals surface area contributed by atoms with Gasteiger partial charge in [0.05, 0.1) is 5.52 Å². The molecular formula is C16H17N3O5S. The minimum absolute atomic E-state index is 0.0440. The first-order chi connectivity index (χ1) is 11.8. The SMILES string of the molecule is O=C(O)N[C@]1(C(=O)NS(=O)(=O)c2cccc3cc[nH]c23)C[C@H]1C1CC1. The summed E-state index contributed by atoms with van der Waals surface area (Å²) in [6.45, 7) is 0. The molecule has 2 amide bonds. The molecule has 25 heavy (non-hydrogen) atoms. The third-order valence-corrected chi connectivity index (χ3v) is 6.38. The van der Waals surface area contributed by atoms with Crippen LogP contribution in [0.2, 0.25) is 0 Å². The van der Waals surface area contributed by atoms with Gasteiger partial charge in [0.1, 0.15) is 10.4 Å². The summed E-state index contributed by atoms with van der Waals surface area (Å²) < 4.78 is 27.4. The van der Waals surface area contributed by atoms with Gasteiger partial charge in [0.25, 0.3) is 15.9 Å². The normalized spacial score (nSPS) is 25.5. The average molecular weight is 363 g/mol. The topological polar surface area (TPSA) is 128 Å². The number of para-hydroxylation sites is 1. The first-order valence-corrected chi connectivity index (χ1v) is 9.46. The lowest BCUT2D eigenvalue weighted by atomic mass is 10.1. The molecule has 4 N–H and O–H groups in total. The molecule has 2 saturated carbocycles. The van der Waals surface area contributed by atoms with Crippen LogP contribution >= 0.6 is 0 Å². The van der Waals surface area contributed by atoms with Crippen molar-refractivity contribution in [1.29, 1.82) is 0 Å². The fourth-order valence-electron chi connectivity index (χ4n) is 3.56. The van der Waals surface area contributed by atoms with Crippen LogP contribution in [0.4, 0.5) is 4.79 Å². The number of carbonyl (C=O) groups is 2. The highest BCUT2D eigenvalue weighted by atomic mass is 32.2. The number of H-pyrrole nitrogens is 1. The molecule has 0 spiro atoms. The molecule has 2 fully saturated rings. The molecule has 2 aromatic rings. The van der Waals surface area contributed by atoms with Gasteiger partial charge in [-0.1, -0.05) is 12.1 Å². The molecular weight excluding hydrogens is 346 g/mol. The third-order valence-electron chi connectivity index (χ3n) is 5.01. The van der Waals surface area contributed by atoms with Gasteiger partial charge in [-0.3, -0.25) is 4.79 Å². The van der Waals surface area contributed by atoms with Crippen LogP contribution in [0, 0.1) is 11.8 Å². The molecule has 2 aliphatic rings. The standard InChI is InChI=1S/C16H17N3O5S/c20-14(16(18-15(21)22)8-11(16)9-4-5-9)19-25(23,24)12-3-1-2-10-6-7-17-13(10)12/h1-3,6-7,9,11,17-18H,4-5,8H2,(H,19,20)(H,21,22)/t11-,16+/m0/s1. The number of sulfonamides is 1. The molecule has 9 heteroatoms. The first-order valence-electron chi connectivity index (χ1n) is 7.98. The van der Waals surface area contributed by atoms with Crippen molar-refractivity contribution >= 4 is 32.9 Å². The van der Waals surface area contributed by atoms with E-state index in [1.54, 1.807) is 24.4 Å². The predicted molar refractivity (Wildman–Crippen MR) is 88.3 cm³/mol. The molecule has 0 aliphatic heterocycles. The molecule has 1 aromatic heterocycles. The van der Waals surface area contributed by atoms with Gasteiger partial charge in [-0.15, -0.1) is 0 Å². The number of rotatable bonds is 5. The highest BCUT2D eigenvalue weighted by Crippen LogP contribution is 2.57. The Kier molecular flexibility index (Phi) is 3.33. The summed E-state index contributed by atoms with van der Waals surface area (Å²) in [5.41, 5.74) is -0.943. The highest BCUT2D eigenvalue weighted by Gasteiger charge is 2.66. The number of benzene rings is 1. The number of nitrogens with one attached hydrogen (secondary N) is 3. The lowest BCUT2D eigenvalue weighted by molar-refractivity contribution is -0.122. The Bertz CT molecular complexity index is 979. The Morgan fingerprint density at radius 2 is 2.00 bits per heavy atom. The van der Waals surface area contributed by atoms with Crippen LogP contribution in [0.3, 0.4) is 0 Å². The molecule has 0 unspecified atom stereocenters. The fourth-order valence-corrected chi connectivity index (χ4v) is 4.80. The second-order valence-corrected chi connectivity index (χ2v) is 8.33. The van der Waals surface area contributed by atoms with Crippen molar-refractivity contribution in [3.05, 3.63) is 30.5 Å². The van der Waals surface area contributed by atoms with E-state index >= 15 is 0 Å². The number of fused-ring (bicyclic) bond motifs is 1. The molecule has 1 heterocycles. The van der Waals surface area contributed by atoms with Crippen molar-refractivity contribution in [2.24, 2.45) is 11.8 Å². The summed E-state index contributed by atoms with van der Waals surface area (Å²) in [5.74, 6) is -0.664. The van der Waals surface area contributed by atoms with Crippen LogP contribution < -0.4 is 10.0 Å². The Balaban J connectivity index is 1.63. The van der Waals surface area contributed by atoms with E-state index in [2.05, 4.69) is 15.0 Å². The van der Waals surface area contributed by atoms with Crippen LogP contribution in [-0.2, 0) is 14.8 Å². The van der Waals surface area contributed by atoms with E-state index in [0.29, 0.717) is 17.3 Å². The van der Waals surface area contributed by atoms with Crippen molar-refractivity contribution in [1.82, 2.24) is 15.0 Å². The smallest absolute Gasteiger partial charge is 0.405 e. The molecule has 4 rings (SSSR count). The Morgan fingerprint density at radius 3 is 2.68 bits per heavy atom. The average Bonchev–Trinajstić information content (AvgIpc) is 3.42. The van der Waals surface area contributed by atoms with Crippen LogP contribution in [-0.4, -0.2) is 36.0 Å². The largest absolute Gasteiger partial charge is 0.465 e. The van der Waals surface area contributed by atoms with Crippen LogP contribution in [0.25, 0.3) is 10.9 Å².